The van der Waals surface area contributed by atoms with E-state index in [-0.39, 0.29) is 11.5 Å². The Morgan fingerprint density at radius 1 is 1.18 bits per heavy atom. The van der Waals surface area contributed by atoms with Crippen molar-refractivity contribution in [3.63, 3.8) is 0 Å². The van der Waals surface area contributed by atoms with Gasteiger partial charge in [0.05, 0.1) is 23.5 Å². The maximum atomic E-state index is 14.0. The molecule has 0 amide bonds. The van der Waals surface area contributed by atoms with Crippen molar-refractivity contribution in [3.05, 3.63) is 70.9 Å². The number of benzene rings is 2. The molecule has 0 radical (unpaired) electrons. The van der Waals surface area contributed by atoms with E-state index in [2.05, 4.69) is 33.9 Å². The van der Waals surface area contributed by atoms with Crippen LogP contribution in [0.1, 0.15) is 25.3 Å². The summed E-state index contributed by atoms with van der Waals surface area (Å²) >= 11 is 6.24. The number of amidine groups is 1. The summed E-state index contributed by atoms with van der Waals surface area (Å²) in [6.07, 6.45) is 3.36. The number of rotatable bonds is 6. The summed E-state index contributed by atoms with van der Waals surface area (Å²) < 4.78 is 37.6. The average Bonchev–Trinajstić information content (AvgIpc) is 3.19. The van der Waals surface area contributed by atoms with Crippen LogP contribution >= 0.6 is 11.6 Å². The van der Waals surface area contributed by atoms with Crippen molar-refractivity contribution in [3.8, 4) is 11.5 Å². The Balaban J connectivity index is 1.64. The van der Waals surface area contributed by atoms with Gasteiger partial charge >= 0.3 is 6.29 Å². The lowest BCUT2D eigenvalue weighted by Gasteiger charge is -2.50. The molecular weight excluding hydrogens is 512 g/mol. The van der Waals surface area contributed by atoms with Gasteiger partial charge in [0.25, 0.3) is 0 Å². The van der Waals surface area contributed by atoms with Crippen LogP contribution in [0.25, 0.3) is 0 Å². The molecule has 0 atom stereocenters. The van der Waals surface area contributed by atoms with Crippen molar-refractivity contribution in [1.82, 2.24) is 4.90 Å². The Morgan fingerprint density at radius 3 is 2.61 bits per heavy atom. The lowest BCUT2D eigenvalue weighted by atomic mass is 9.82. The SMILES string of the molecule is C=N/C=C\C(=C/C)CN1C(=NCc2cccc(Cl)c2)C2(CCN(C)CC2)Nc2cc3c(cc21)OC(F)(F)O3. The molecule has 7 nitrogen and oxygen atoms in total. The number of anilines is 2. The molecule has 38 heavy (non-hydrogen) atoms. The van der Waals surface area contributed by atoms with Gasteiger partial charge in [0, 0.05) is 43.0 Å². The Kier molecular flexibility index (Phi) is 7.15. The molecule has 2 aromatic carbocycles. The molecule has 200 valence electrons. The number of alkyl halides is 2. The molecule has 3 aliphatic rings. The Morgan fingerprint density at radius 2 is 1.92 bits per heavy atom. The van der Waals surface area contributed by atoms with Crippen LogP contribution in [-0.2, 0) is 6.54 Å². The molecule has 5 rings (SSSR count). The number of piperidine rings is 1. The van der Waals surface area contributed by atoms with E-state index in [1.807, 2.05) is 43.3 Å². The van der Waals surface area contributed by atoms with Crippen molar-refractivity contribution in [1.29, 1.82) is 0 Å². The summed E-state index contributed by atoms with van der Waals surface area (Å²) in [5, 5.41) is 4.33. The number of nitrogens with one attached hydrogen (secondary N) is 1. The van der Waals surface area contributed by atoms with Crippen molar-refractivity contribution >= 4 is 35.5 Å². The second-order valence-electron chi connectivity index (χ2n) is 9.71. The first kappa shape index (κ1) is 26.2. The molecule has 0 aliphatic carbocycles. The first-order chi connectivity index (χ1) is 18.2. The topological polar surface area (TPSA) is 61.7 Å². The zero-order valence-corrected chi connectivity index (χ0v) is 22.1. The standard InChI is InChI=1S/C28H30ClF2N5O2/c1-4-19(8-11-32-2)18-36-23-16-25-24(37-28(30,31)38-25)15-22(23)34-27(9-12-35(3)13-10-27)26(36)33-17-20-6-5-7-21(29)14-20/h4-8,11,14-16,34H,2,9-10,12-13,17-18H2,1,3H3/b11-8-,19-4+,33-26?. The third kappa shape index (κ3) is 5.26. The number of allylic oxidation sites excluding steroid dienone is 1. The predicted molar refractivity (Wildman–Crippen MR) is 148 cm³/mol. The lowest BCUT2D eigenvalue weighted by molar-refractivity contribution is -0.286. The summed E-state index contributed by atoms with van der Waals surface area (Å²) in [5.41, 5.74) is 2.81. The van der Waals surface area contributed by atoms with E-state index in [1.165, 1.54) is 0 Å². The number of halogens is 3. The highest BCUT2D eigenvalue weighted by Crippen LogP contribution is 2.50. The van der Waals surface area contributed by atoms with Gasteiger partial charge in [-0.2, -0.15) is 0 Å². The van der Waals surface area contributed by atoms with Gasteiger partial charge in [-0.3, -0.25) is 9.98 Å². The lowest BCUT2D eigenvalue weighted by Crippen LogP contribution is -2.62. The summed E-state index contributed by atoms with van der Waals surface area (Å²) in [6, 6.07) is 10.8. The Bertz CT molecular complexity index is 1320. The van der Waals surface area contributed by atoms with E-state index in [0.717, 1.165) is 42.9 Å². The first-order valence-electron chi connectivity index (χ1n) is 12.5. The second-order valence-corrected chi connectivity index (χ2v) is 10.1. The molecule has 3 heterocycles. The minimum Gasteiger partial charge on any atom is -0.395 e. The number of ether oxygens (including phenoxy) is 2. The highest BCUT2D eigenvalue weighted by Gasteiger charge is 2.48. The molecule has 2 aromatic rings. The van der Waals surface area contributed by atoms with Gasteiger partial charge in [0.15, 0.2) is 11.5 Å². The van der Waals surface area contributed by atoms with E-state index in [9.17, 15) is 8.78 Å². The fraction of sp³-hybridized carbons (Fsp3) is 0.357. The molecule has 10 heteroatoms. The monoisotopic (exact) mass is 541 g/mol. The van der Waals surface area contributed by atoms with Crippen LogP contribution in [0.3, 0.4) is 0 Å². The molecule has 1 spiro atoms. The Hall–Kier alpha value is -3.43. The van der Waals surface area contributed by atoms with E-state index in [0.29, 0.717) is 29.5 Å². The zero-order valence-electron chi connectivity index (χ0n) is 21.4. The normalized spacial score (nSPS) is 21.1. The fourth-order valence-electron chi connectivity index (χ4n) is 5.11. The van der Waals surface area contributed by atoms with Crippen LogP contribution in [0.15, 0.2) is 70.3 Å². The molecule has 1 N–H and O–H groups in total. The Labute approximate surface area is 226 Å². The summed E-state index contributed by atoms with van der Waals surface area (Å²) in [7, 11) is 2.09. The fourth-order valence-corrected chi connectivity index (χ4v) is 5.33. The highest BCUT2D eigenvalue weighted by atomic mass is 35.5. The minimum absolute atomic E-state index is 0.00519. The van der Waals surface area contributed by atoms with Gasteiger partial charge in [0.2, 0.25) is 0 Å². The van der Waals surface area contributed by atoms with Crippen LogP contribution in [0.5, 0.6) is 11.5 Å². The number of aliphatic imine (C=N–C) groups is 2. The number of fused-ring (bicyclic) bond motifs is 2. The molecule has 0 aromatic heterocycles. The van der Waals surface area contributed by atoms with Gasteiger partial charge in [-0.05, 0) is 62.9 Å². The number of nitrogens with zero attached hydrogens (tertiary/aromatic N) is 4. The van der Waals surface area contributed by atoms with Gasteiger partial charge in [-0.25, -0.2) is 0 Å². The molecule has 1 saturated heterocycles. The third-order valence-electron chi connectivity index (χ3n) is 7.11. The van der Waals surface area contributed by atoms with E-state index in [1.54, 1.807) is 18.3 Å². The quantitative estimate of drug-likeness (QED) is 0.353. The van der Waals surface area contributed by atoms with Crippen molar-refractivity contribution in [2.24, 2.45) is 9.98 Å². The van der Waals surface area contributed by atoms with Crippen LogP contribution in [0.4, 0.5) is 20.2 Å². The smallest absolute Gasteiger partial charge is 0.395 e. The third-order valence-corrected chi connectivity index (χ3v) is 7.35. The number of hydrogen-bond acceptors (Lipinski definition) is 6. The van der Waals surface area contributed by atoms with Gasteiger partial charge < -0.3 is 24.6 Å². The minimum atomic E-state index is -3.71. The summed E-state index contributed by atoms with van der Waals surface area (Å²) in [6.45, 7) is 8.04. The van der Waals surface area contributed by atoms with Crippen molar-refractivity contribution in [2.45, 2.75) is 38.1 Å². The maximum absolute atomic E-state index is 14.0. The molecule has 0 saturated carbocycles. The van der Waals surface area contributed by atoms with Crippen LogP contribution < -0.4 is 19.7 Å². The molecule has 0 bridgehead atoms. The largest absolute Gasteiger partial charge is 0.586 e. The molecular formula is C28H30ClF2N5O2. The van der Waals surface area contributed by atoms with E-state index >= 15 is 0 Å². The summed E-state index contributed by atoms with van der Waals surface area (Å²) in [5.74, 6) is 0.827. The van der Waals surface area contributed by atoms with Crippen molar-refractivity contribution < 1.29 is 18.3 Å². The van der Waals surface area contributed by atoms with E-state index < -0.39 is 11.8 Å². The summed E-state index contributed by atoms with van der Waals surface area (Å²) in [4.78, 5) is 13.4. The predicted octanol–water partition coefficient (Wildman–Crippen LogP) is 6.12. The van der Waals surface area contributed by atoms with Crippen LogP contribution in [0, 0.1) is 0 Å². The van der Waals surface area contributed by atoms with E-state index in [4.69, 9.17) is 26.1 Å². The van der Waals surface area contributed by atoms with Crippen LogP contribution in [-0.4, -0.2) is 56.0 Å². The highest BCUT2D eigenvalue weighted by molar-refractivity contribution is 6.30. The molecule has 1 fully saturated rings. The second kappa shape index (κ2) is 10.4. The number of hydrogen-bond donors (Lipinski definition) is 1. The maximum Gasteiger partial charge on any atom is 0.586 e. The van der Waals surface area contributed by atoms with Gasteiger partial charge in [0.1, 0.15) is 5.84 Å². The van der Waals surface area contributed by atoms with Crippen LogP contribution in [0.2, 0.25) is 5.02 Å². The zero-order chi connectivity index (χ0) is 26.9. The van der Waals surface area contributed by atoms with Gasteiger partial charge in [-0.1, -0.05) is 29.8 Å². The average molecular weight is 542 g/mol. The number of likely N-dealkylation sites (tertiary alicyclic amines) is 1. The molecule has 0 unspecified atom stereocenters. The van der Waals surface area contributed by atoms with Gasteiger partial charge in [-0.15, -0.1) is 8.78 Å². The first-order valence-corrected chi connectivity index (χ1v) is 12.8. The molecule has 3 aliphatic heterocycles. The van der Waals surface area contributed by atoms with Crippen molar-refractivity contribution in [2.75, 3.05) is 36.9 Å².